The maximum Gasteiger partial charge on any atom is 0.339 e. The molecule has 1 aromatic rings. The number of nitrogens with zero attached hydrogens (tertiary/aromatic N) is 2. The van der Waals surface area contributed by atoms with Gasteiger partial charge in [0.1, 0.15) is 5.82 Å². The quantitative estimate of drug-likeness (QED) is 0.779. The number of morpholine rings is 1. The van der Waals surface area contributed by atoms with E-state index in [0.29, 0.717) is 24.5 Å². The number of aryl methyl sites for hydroxylation is 1. The van der Waals surface area contributed by atoms with Gasteiger partial charge >= 0.3 is 5.97 Å². The molecule has 1 aliphatic rings. The summed E-state index contributed by atoms with van der Waals surface area (Å²) >= 11 is 3.46. The number of rotatable bonds is 2. The van der Waals surface area contributed by atoms with Crippen LogP contribution in [0.3, 0.4) is 0 Å². The highest BCUT2D eigenvalue weighted by Crippen LogP contribution is 2.27. The summed E-state index contributed by atoms with van der Waals surface area (Å²) in [4.78, 5) is 18.2. The van der Waals surface area contributed by atoms with Crippen LogP contribution >= 0.6 is 15.9 Å². The highest BCUT2D eigenvalue weighted by molar-refractivity contribution is 9.10. The van der Waals surface area contributed by atoms with Gasteiger partial charge in [-0.1, -0.05) is 0 Å². The van der Waals surface area contributed by atoms with Gasteiger partial charge in [0.15, 0.2) is 0 Å². The fourth-order valence-corrected chi connectivity index (χ4v) is 2.45. The van der Waals surface area contributed by atoms with Crippen molar-refractivity contribution in [3.63, 3.8) is 0 Å². The summed E-state index contributed by atoms with van der Waals surface area (Å²) in [6.07, 6.45) is 0. The summed E-state index contributed by atoms with van der Waals surface area (Å²) in [5.41, 5.74) is 1.16. The molecule has 0 aliphatic carbocycles. The predicted molar refractivity (Wildman–Crippen MR) is 71.0 cm³/mol. The number of hydrogen-bond acceptors (Lipinski definition) is 5. The van der Waals surface area contributed by atoms with Gasteiger partial charge in [-0.25, -0.2) is 9.78 Å². The van der Waals surface area contributed by atoms with Gasteiger partial charge in [-0.3, -0.25) is 0 Å². The molecule has 6 heteroatoms. The highest BCUT2D eigenvalue weighted by atomic mass is 79.9. The number of anilines is 1. The molecule has 0 atom stereocenters. The summed E-state index contributed by atoms with van der Waals surface area (Å²) in [5, 5.41) is 0. The Hall–Kier alpha value is -1.14. The van der Waals surface area contributed by atoms with E-state index in [-0.39, 0.29) is 5.97 Å². The molecule has 1 fully saturated rings. The number of methoxy groups -OCH3 is 1. The topological polar surface area (TPSA) is 51.7 Å². The molecule has 1 saturated heterocycles. The summed E-state index contributed by atoms with van der Waals surface area (Å²) in [5.74, 6) is 0.484. The minimum absolute atomic E-state index is 0.366. The molecule has 5 nitrogen and oxygen atoms in total. The van der Waals surface area contributed by atoms with Gasteiger partial charge in [-0.2, -0.15) is 0 Å². The number of halogens is 1. The van der Waals surface area contributed by atoms with E-state index < -0.39 is 0 Å². The van der Waals surface area contributed by atoms with Gasteiger partial charge in [0.2, 0.25) is 0 Å². The second-order valence-electron chi connectivity index (χ2n) is 4.02. The van der Waals surface area contributed by atoms with Crippen LogP contribution in [-0.4, -0.2) is 44.4 Å². The molecule has 98 valence electrons. The van der Waals surface area contributed by atoms with E-state index in [4.69, 9.17) is 9.47 Å². The zero-order valence-corrected chi connectivity index (χ0v) is 12.0. The number of ether oxygens (including phenoxy) is 2. The molecule has 2 heterocycles. The monoisotopic (exact) mass is 314 g/mol. The third-order valence-electron chi connectivity index (χ3n) is 2.86. The Kier molecular flexibility index (Phi) is 4.19. The van der Waals surface area contributed by atoms with Crippen molar-refractivity contribution in [1.29, 1.82) is 0 Å². The van der Waals surface area contributed by atoms with Gasteiger partial charge in [0.05, 0.1) is 36.1 Å². The lowest BCUT2D eigenvalue weighted by molar-refractivity contribution is 0.0599. The second-order valence-corrected chi connectivity index (χ2v) is 4.87. The Morgan fingerprint density at radius 2 is 2.17 bits per heavy atom. The molecule has 1 aromatic heterocycles. The van der Waals surface area contributed by atoms with E-state index in [1.807, 2.05) is 6.92 Å². The van der Waals surface area contributed by atoms with Crippen LogP contribution in [0.15, 0.2) is 10.5 Å². The Morgan fingerprint density at radius 1 is 1.50 bits per heavy atom. The molecule has 18 heavy (non-hydrogen) atoms. The van der Waals surface area contributed by atoms with Crippen molar-refractivity contribution in [3.8, 4) is 0 Å². The normalized spacial score (nSPS) is 15.6. The van der Waals surface area contributed by atoms with Gasteiger partial charge in [-0.05, 0) is 28.9 Å². The van der Waals surface area contributed by atoms with Crippen LogP contribution in [-0.2, 0) is 9.47 Å². The minimum atomic E-state index is -0.366. The van der Waals surface area contributed by atoms with Crippen molar-refractivity contribution in [1.82, 2.24) is 4.98 Å². The van der Waals surface area contributed by atoms with Crippen LogP contribution in [0, 0.1) is 6.92 Å². The number of carbonyl (C=O) groups is 1. The molecule has 0 radical (unpaired) electrons. The van der Waals surface area contributed by atoms with E-state index in [2.05, 4.69) is 25.8 Å². The number of carbonyl (C=O) groups excluding carboxylic acids is 1. The number of aromatic nitrogens is 1. The first-order valence-electron chi connectivity index (χ1n) is 5.71. The molecule has 1 aliphatic heterocycles. The summed E-state index contributed by atoms with van der Waals surface area (Å²) in [6, 6.07) is 1.76. The SMILES string of the molecule is COC(=O)c1cc(Br)c(N2CCOCC2)nc1C. The molecule has 0 aromatic carbocycles. The summed E-state index contributed by atoms with van der Waals surface area (Å²) in [6.45, 7) is 4.83. The highest BCUT2D eigenvalue weighted by Gasteiger charge is 2.19. The molecular weight excluding hydrogens is 300 g/mol. The first-order chi connectivity index (χ1) is 8.63. The van der Waals surface area contributed by atoms with Crippen LogP contribution in [0.2, 0.25) is 0 Å². The zero-order chi connectivity index (χ0) is 13.1. The van der Waals surface area contributed by atoms with Crippen molar-refractivity contribution >= 4 is 27.7 Å². The maximum atomic E-state index is 11.6. The third kappa shape index (κ3) is 2.64. The lowest BCUT2D eigenvalue weighted by Crippen LogP contribution is -2.37. The smallest absolute Gasteiger partial charge is 0.339 e. The standard InChI is InChI=1S/C12H15BrN2O3/c1-8-9(12(16)17-2)7-10(13)11(14-8)15-3-5-18-6-4-15/h7H,3-6H2,1-2H3. The second kappa shape index (κ2) is 5.67. The van der Waals surface area contributed by atoms with Gasteiger partial charge in [-0.15, -0.1) is 0 Å². The predicted octanol–water partition coefficient (Wildman–Crippen LogP) is 1.78. The number of hydrogen-bond donors (Lipinski definition) is 0. The lowest BCUT2D eigenvalue weighted by atomic mass is 10.2. The molecule has 0 amide bonds. The maximum absolute atomic E-state index is 11.6. The van der Waals surface area contributed by atoms with Crippen molar-refractivity contribution in [2.45, 2.75) is 6.92 Å². The lowest BCUT2D eigenvalue weighted by Gasteiger charge is -2.29. The van der Waals surface area contributed by atoms with Crippen LogP contribution in [0.4, 0.5) is 5.82 Å². The molecule has 0 bridgehead atoms. The Bertz CT molecular complexity index is 459. The van der Waals surface area contributed by atoms with Crippen LogP contribution in [0.5, 0.6) is 0 Å². The molecule has 0 unspecified atom stereocenters. The molecule has 0 N–H and O–H groups in total. The van der Waals surface area contributed by atoms with Crippen molar-refractivity contribution in [3.05, 3.63) is 21.8 Å². The van der Waals surface area contributed by atoms with E-state index >= 15 is 0 Å². The Balaban J connectivity index is 2.33. The fourth-order valence-electron chi connectivity index (χ4n) is 1.88. The minimum Gasteiger partial charge on any atom is -0.465 e. The summed E-state index contributed by atoms with van der Waals surface area (Å²) < 4.78 is 10.8. The van der Waals surface area contributed by atoms with Gasteiger partial charge < -0.3 is 14.4 Å². The number of pyridine rings is 1. The van der Waals surface area contributed by atoms with Crippen molar-refractivity contribution in [2.24, 2.45) is 0 Å². The Labute approximate surface area is 114 Å². The van der Waals surface area contributed by atoms with E-state index in [9.17, 15) is 4.79 Å². The first kappa shape index (κ1) is 13.3. The van der Waals surface area contributed by atoms with E-state index in [1.165, 1.54) is 7.11 Å². The largest absolute Gasteiger partial charge is 0.465 e. The van der Waals surface area contributed by atoms with Crippen LogP contribution in [0.1, 0.15) is 16.1 Å². The van der Waals surface area contributed by atoms with E-state index in [1.54, 1.807) is 6.07 Å². The van der Waals surface area contributed by atoms with Gasteiger partial charge in [0.25, 0.3) is 0 Å². The zero-order valence-electron chi connectivity index (χ0n) is 10.4. The molecular formula is C12H15BrN2O3. The number of esters is 1. The van der Waals surface area contributed by atoms with E-state index in [0.717, 1.165) is 23.4 Å². The average Bonchev–Trinajstić information content (AvgIpc) is 2.41. The fraction of sp³-hybridized carbons (Fsp3) is 0.500. The molecule has 0 spiro atoms. The molecule has 0 saturated carbocycles. The van der Waals surface area contributed by atoms with Crippen LogP contribution in [0.25, 0.3) is 0 Å². The van der Waals surface area contributed by atoms with Crippen LogP contribution < -0.4 is 4.90 Å². The van der Waals surface area contributed by atoms with Gasteiger partial charge in [0, 0.05) is 13.1 Å². The molecule has 2 rings (SSSR count). The average molecular weight is 315 g/mol. The Morgan fingerprint density at radius 3 is 2.78 bits per heavy atom. The third-order valence-corrected chi connectivity index (χ3v) is 3.45. The van der Waals surface area contributed by atoms with Crippen molar-refractivity contribution in [2.75, 3.05) is 38.3 Å². The van der Waals surface area contributed by atoms with Crippen molar-refractivity contribution < 1.29 is 14.3 Å². The first-order valence-corrected chi connectivity index (χ1v) is 6.51. The summed E-state index contributed by atoms with van der Waals surface area (Å²) in [7, 11) is 1.37.